The fourth-order valence-electron chi connectivity index (χ4n) is 3.83. The Morgan fingerprint density at radius 2 is 1.97 bits per heavy atom. The first-order valence-electron chi connectivity index (χ1n) is 9.65. The van der Waals surface area contributed by atoms with E-state index in [1.807, 2.05) is 38.1 Å². The first kappa shape index (κ1) is 19.5. The molecule has 0 N–H and O–H groups in total. The summed E-state index contributed by atoms with van der Waals surface area (Å²) < 4.78 is 34.6. The summed E-state index contributed by atoms with van der Waals surface area (Å²) in [6.45, 7) is 6.83. The van der Waals surface area contributed by atoms with Crippen LogP contribution < -0.4 is 4.90 Å². The number of nitrogens with zero attached hydrogens (tertiary/aromatic N) is 3. The third kappa shape index (κ3) is 3.62. The second kappa shape index (κ2) is 7.91. The van der Waals surface area contributed by atoms with Gasteiger partial charge < -0.3 is 14.2 Å². The van der Waals surface area contributed by atoms with Crippen molar-refractivity contribution in [1.29, 1.82) is 0 Å². The largest absolute Gasteiger partial charge is 0.378 e. The van der Waals surface area contributed by atoms with E-state index in [2.05, 4.69) is 9.88 Å². The van der Waals surface area contributed by atoms with Gasteiger partial charge in [0.15, 0.2) is 12.1 Å². The molecular formula is C22H23F2N3O2. The topological polar surface area (TPSA) is 47.4 Å². The SMILES string of the molecule is Cc1cccc(Cn2c(C(F)F)nc3c(C=O)cc(N4CCOCC4)cc32)c1C. The van der Waals surface area contributed by atoms with Crippen LogP contribution in [0.1, 0.15) is 39.3 Å². The Hall–Kier alpha value is -2.80. The lowest BCUT2D eigenvalue weighted by Crippen LogP contribution is -2.36. The van der Waals surface area contributed by atoms with Crippen molar-refractivity contribution in [3.05, 3.63) is 58.4 Å². The molecule has 0 amide bonds. The first-order chi connectivity index (χ1) is 14.0. The van der Waals surface area contributed by atoms with E-state index >= 15 is 0 Å². The van der Waals surface area contributed by atoms with Gasteiger partial charge in [-0.2, -0.15) is 0 Å². The number of rotatable bonds is 5. The number of anilines is 1. The van der Waals surface area contributed by atoms with Crippen molar-refractivity contribution in [2.45, 2.75) is 26.8 Å². The molecule has 0 unspecified atom stereocenters. The Balaban J connectivity index is 1.89. The quantitative estimate of drug-likeness (QED) is 0.601. The number of alkyl halides is 2. The summed E-state index contributed by atoms with van der Waals surface area (Å²) in [7, 11) is 0. The molecule has 0 aliphatic carbocycles. The molecule has 3 aromatic rings. The minimum absolute atomic E-state index is 0.272. The van der Waals surface area contributed by atoms with Gasteiger partial charge in [0.25, 0.3) is 6.43 Å². The number of fused-ring (bicyclic) bond motifs is 1. The van der Waals surface area contributed by atoms with Gasteiger partial charge in [-0.3, -0.25) is 4.79 Å². The molecule has 0 radical (unpaired) electrons. The Morgan fingerprint density at radius 1 is 1.21 bits per heavy atom. The Kier molecular flexibility index (Phi) is 5.32. The van der Waals surface area contributed by atoms with Gasteiger partial charge in [-0.25, -0.2) is 13.8 Å². The number of carbonyl (C=O) groups excluding carboxylic acids is 1. The Morgan fingerprint density at radius 3 is 2.66 bits per heavy atom. The molecule has 1 saturated heterocycles. The van der Waals surface area contributed by atoms with Crippen LogP contribution in [0, 0.1) is 13.8 Å². The number of benzene rings is 2. The fraction of sp³-hybridized carbons (Fsp3) is 0.364. The summed E-state index contributed by atoms with van der Waals surface area (Å²) in [5.74, 6) is -0.317. The van der Waals surface area contributed by atoms with E-state index in [9.17, 15) is 13.6 Å². The van der Waals surface area contributed by atoms with Crippen molar-refractivity contribution >= 4 is 23.0 Å². The van der Waals surface area contributed by atoms with Crippen molar-refractivity contribution in [3.8, 4) is 0 Å². The lowest BCUT2D eigenvalue weighted by Gasteiger charge is -2.29. The van der Waals surface area contributed by atoms with E-state index in [1.54, 1.807) is 10.6 Å². The number of ether oxygens (including phenoxy) is 1. The number of aldehydes is 1. The summed E-state index contributed by atoms with van der Waals surface area (Å²) in [6.07, 6.45) is -2.05. The first-order valence-corrected chi connectivity index (χ1v) is 9.65. The van der Waals surface area contributed by atoms with Crippen LogP contribution in [0.15, 0.2) is 30.3 Å². The summed E-state index contributed by atoms with van der Waals surface area (Å²) in [6, 6.07) is 9.45. The molecule has 0 atom stereocenters. The van der Waals surface area contributed by atoms with Gasteiger partial charge >= 0.3 is 0 Å². The van der Waals surface area contributed by atoms with Gasteiger partial charge in [0.2, 0.25) is 0 Å². The van der Waals surface area contributed by atoms with Crippen LogP contribution in [0.2, 0.25) is 0 Å². The predicted octanol–water partition coefficient (Wildman–Crippen LogP) is 4.29. The highest BCUT2D eigenvalue weighted by atomic mass is 19.3. The third-order valence-corrected chi connectivity index (χ3v) is 5.64. The van der Waals surface area contributed by atoms with Crippen LogP contribution >= 0.6 is 0 Å². The Bertz CT molecular complexity index is 1060. The van der Waals surface area contributed by atoms with Gasteiger partial charge in [0.05, 0.1) is 24.2 Å². The lowest BCUT2D eigenvalue weighted by molar-refractivity contribution is 0.112. The van der Waals surface area contributed by atoms with E-state index in [0.29, 0.717) is 49.2 Å². The molecule has 1 aliphatic rings. The molecule has 0 bridgehead atoms. The third-order valence-electron chi connectivity index (χ3n) is 5.64. The average Bonchev–Trinajstić information content (AvgIpc) is 3.10. The molecule has 29 heavy (non-hydrogen) atoms. The number of morpholine rings is 1. The highest BCUT2D eigenvalue weighted by molar-refractivity contribution is 5.97. The molecule has 0 saturated carbocycles. The zero-order valence-corrected chi connectivity index (χ0v) is 16.5. The molecule has 4 rings (SSSR count). The molecule has 1 aliphatic heterocycles. The number of hydrogen-bond acceptors (Lipinski definition) is 4. The van der Waals surface area contributed by atoms with Crippen molar-refractivity contribution in [2.75, 3.05) is 31.2 Å². The minimum Gasteiger partial charge on any atom is -0.378 e. The van der Waals surface area contributed by atoms with Crippen LogP contribution in [0.25, 0.3) is 11.0 Å². The summed E-state index contributed by atoms with van der Waals surface area (Å²) in [5, 5.41) is 0. The fourth-order valence-corrected chi connectivity index (χ4v) is 3.83. The molecule has 0 spiro atoms. The number of hydrogen-bond donors (Lipinski definition) is 0. The van der Waals surface area contributed by atoms with Crippen LogP contribution in [-0.2, 0) is 11.3 Å². The van der Waals surface area contributed by atoms with E-state index in [1.165, 1.54) is 0 Å². The zero-order valence-electron chi connectivity index (χ0n) is 16.5. The van der Waals surface area contributed by atoms with Crippen LogP contribution in [0.3, 0.4) is 0 Å². The molecule has 2 heterocycles. The van der Waals surface area contributed by atoms with Gasteiger partial charge in [-0.05, 0) is 42.7 Å². The van der Waals surface area contributed by atoms with Crippen LogP contribution in [-0.4, -0.2) is 42.1 Å². The van der Waals surface area contributed by atoms with Gasteiger partial charge in [-0.15, -0.1) is 0 Å². The number of aromatic nitrogens is 2. The van der Waals surface area contributed by atoms with E-state index in [0.717, 1.165) is 22.4 Å². The van der Waals surface area contributed by atoms with Crippen molar-refractivity contribution in [1.82, 2.24) is 9.55 Å². The molecule has 5 nitrogen and oxygen atoms in total. The number of carbonyl (C=O) groups is 1. The predicted molar refractivity (Wildman–Crippen MR) is 108 cm³/mol. The highest BCUT2D eigenvalue weighted by Gasteiger charge is 2.23. The molecule has 1 fully saturated rings. The molecule has 2 aromatic carbocycles. The average molecular weight is 399 g/mol. The van der Waals surface area contributed by atoms with Gasteiger partial charge in [0.1, 0.15) is 0 Å². The van der Waals surface area contributed by atoms with Crippen molar-refractivity contribution in [2.24, 2.45) is 0 Å². The number of imidazole rings is 1. The van der Waals surface area contributed by atoms with Crippen molar-refractivity contribution in [3.63, 3.8) is 0 Å². The maximum Gasteiger partial charge on any atom is 0.295 e. The minimum atomic E-state index is -2.74. The summed E-state index contributed by atoms with van der Waals surface area (Å²) in [5.41, 5.74) is 5.14. The second-order valence-electron chi connectivity index (χ2n) is 7.34. The van der Waals surface area contributed by atoms with Gasteiger partial charge in [0, 0.05) is 30.9 Å². The molecule has 1 aromatic heterocycles. The second-order valence-corrected chi connectivity index (χ2v) is 7.34. The van der Waals surface area contributed by atoms with Crippen LogP contribution in [0.4, 0.5) is 14.5 Å². The maximum absolute atomic E-state index is 13.8. The summed E-state index contributed by atoms with van der Waals surface area (Å²) in [4.78, 5) is 18.0. The number of halogens is 2. The monoisotopic (exact) mass is 399 g/mol. The Labute approximate surface area is 167 Å². The molecular weight excluding hydrogens is 376 g/mol. The van der Waals surface area contributed by atoms with Gasteiger partial charge in [-0.1, -0.05) is 18.2 Å². The smallest absolute Gasteiger partial charge is 0.295 e. The van der Waals surface area contributed by atoms with E-state index < -0.39 is 6.43 Å². The highest BCUT2D eigenvalue weighted by Crippen LogP contribution is 2.31. The summed E-state index contributed by atoms with van der Waals surface area (Å²) >= 11 is 0. The molecule has 7 heteroatoms. The van der Waals surface area contributed by atoms with E-state index in [4.69, 9.17) is 4.74 Å². The van der Waals surface area contributed by atoms with Crippen molar-refractivity contribution < 1.29 is 18.3 Å². The van der Waals surface area contributed by atoms with E-state index in [-0.39, 0.29) is 12.4 Å². The van der Waals surface area contributed by atoms with Crippen LogP contribution in [0.5, 0.6) is 0 Å². The maximum atomic E-state index is 13.8. The standard InChI is InChI=1S/C22H23F2N3O2/c1-14-4-3-5-16(15(14)2)12-27-19-11-18(26-6-8-29-9-7-26)10-17(13-28)20(19)25-22(27)21(23)24/h3-5,10-11,13,21H,6-9,12H2,1-2H3. The zero-order chi connectivity index (χ0) is 20.5. The number of aryl methyl sites for hydroxylation is 1. The normalized spacial score (nSPS) is 14.7. The lowest BCUT2D eigenvalue weighted by atomic mass is 10.0. The molecule has 152 valence electrons.